The maximum absolute atomic E-state index is 12.3. The predicted molar refractivity (Wildman–Crippen MR) is 84.0 cm³/mol. The van der Waals surface area contributed by atoms with Crippen molar-refractivity contribution >= 4 is 27.9 Å². The maximum Gasteiger partial charge on any atom is 0.323 e. The van der Waals surface area contributed by atoms with Gasteiger partial charge in [-0.1, -0.05) is 41.9 Å². The zero-order valence-electron chi connectivity index (χ0n) is 12.6. The molecule has 0 radical (unpaired) electrons. The van der Waals surface area contributed by atoms with Crippen molar-refractivity contribution in [3.05, 3.63) is 34.3 Å². The summed E-state index contributed by atoms with van der Waals surface area (Å²) in [6.45, 7) is 5.66. The molecule has 21 heavy (non-hydrogen) atoms. The Balaban J connectivity index is 3.17. The fourth-order valence-corrected chi connectivity index (χ4v) is 2.66. The summed E-state index contributed by atoms with van der Waals surface area (Å²) in [5.41, 5.74) is -0.729. The second-order valence-electron chi connectivity index (χ2n) is 5.51. The van der Waals surface area contributed by atoms with E-state index in [4.69, 9.17) is 4.74 Å². The van der Waals surface area contributed by atoms with Crippen molar-refractivity contribution in [2.24, 2.45) is 11.3 Å². The average Bonchev–Trinajstić information content (AvgIpc) is 2.40. The Labute approximate surface area is 133 Å². The van der Waals surface area contributed by atoms with Gasteiger partial charge in [0.15, 0.2) is 5.41 Å². The minimum absolute atomic E-state index is 0.0703. The Morgan fingerprint density at radius 2 is 1.86 bits per heavy atom. The molecule has 1 atom stereocenters. The van der Waals surface area contributed by atoms with Crippen molar-refractivity contribution in [1.29, 1.82) is 0 Å². The molecule has 1 rings (SSSR count). The van der Waals surface area contributed by atoms with E-state index in [1.807, 2.05) is 38.1 Å². The number of esters is 1. The number of carboxylic acid groups (broad SMARTS) is 1. The van der Waals surface area contributed by atoms with Gasteiger partial charge in [-0.25, -0.2) is 0 Å². The average molecular weight is 357 g/mol. The molecule has 0 heterocycles. The van der Waals surface area contributed by atoms with E-state index in [1.54, 1.807) is 6.92 Å². The van der Waals surface area contributed by atoms with Gasteiger partial charge < -0.3 is 9.84 Å². The monoisotopic (exact) mass is 356 g/mol. The van der Waals surface area contributed by atoms with Gasteiger partial charge in [-0.2, -0.15) is 0 Å². The standard InChI is InChI=1S/C16H21BrO4/c1-4-21-15(20)16(14(18)19,9-11(2)3)10-12-5-7-13(17)8-6-12/h5-8,11H,4,9-10H2,1-3H3,(H,18,19). The Hall–Kier alpha value is -1.36. The lowest BCUT2D eigenvalue weighted by atomic mass is 9.75. The van der Waals surface area contributed by atoms with Gasteiger partial charge in [0, 0.05) is 4.47 Å². The SMILES string of the molecule is CCOC(=O)C(Cc1ccc(Br)cc1)(CC(C)C)C(=O)O. The second kappa shape index (κ2) is 7.59. The van der Waals surface area contributed by atoms with Gasteiger partial charge >= 0.3 is 11.9 Å². The number of hydrogen-bond acceptors (Lipinski definition) is 3. The Bertz CT molecular complexity index is 496. The first-order valence-electron chi connectivity index (χ1n) is 6.97. The zero-order chi connectivity index (χ0) is 16.0. The molecule has 0 bridgehead atoms. The number of benzene rings is 1. The highest BCUT2D eigenvalue weighted by Gasteiger charge is 2.48. The lowest BCUT2D eigenvalue weighted by Gasteiger charge is -2.29. The van der Waals surface area contributed by atoms with Crippen LogP contribution in [0.15, 0.2) is 28.7 Å². The summed E-state index contributed by atoms with van der Waals surface area (Å²) >= 11 is 3.34. The Morgan fingerprint density at radius 3 is 2.29 bits per heavy atom. The van der Waals surface area contributed by atoms with Crippen molar-refractivity contribution in [1.82, 2.24) is 0 Å². The van der Waals surface area contributed by atoms with E-state index < -0.39 is 17.4 Å². The van der Waals surface area contributed by atoms with Crippen molar-refractivity contribution in [3.8, 4) is 0 Å². The van der Waals surface area contributed by atoms with E-state index >= 15 is 0 Å². The summed E-state index contributed by atoms with van der Waals surface area (Å²) in [6, 6.07) is 7.31. The number of halogens is 1. The fraction of sp³-hybridized carbons (Fsp3) is 0.500. The van der Waals surface area contributed by atoms with E-state index in [0.717, 1.165) is 10.0 Å². The molecule has 0 saturated heterocycles. The van der Waals surface area contributed by atoms with Gasteiger partial charge in [0.25, 0.3) is 0 Å². The Kier molecular flexibility index (Phi) is 6.40. The highest BCUT2D eigenvalue weighted by Crippen LogP contribution is 2.33. The van der Waals surface area contributed by atoms with Crippen LogP contribution in [0.3, 0.4) is 0 Å². The number of carboxylic acids is 1. The van der Waals surface area contributed by atoms with Crippen LogP contribution in [0.1, 0.15) is 32.8 Å². The van der Waals surface area contributed by atoms with Crippen molar-refractivity contribution in [2.75, 3.05) is 6.61 Å². The lowest BCUT2D eigenvalue weighted by molar-refractivity contribution is -0.170. The Morgan fingerprint density at radius 1 is 1.29 bits per heavy atom. The van der Waals surface area contributed by atoms with Crippen LogP contribution < -0.4 is 0 Å². The van der Waals surface area contributed by atoms with Crippen LogP contribution in [0.2, 0.25) is 0 Å². The van der Waals surface area contributed by atoms with E-state index in [0.29, 0.717) is 0 Å². The minimum atomic E-state index is -1.53. The molecule has 0 spiro atoms. The maximum atomic E-state index is 12.3. The molecule has 1 unspecified atom stereocenters. The quantitative estimate of drug-likeness (QED) is 0.597. The number of aliphatic carboxylic acids is 1. The van der Waals surface area contributed by atoms with Gasteiger partial charge in [0.05, 0.1) is 6.61 Å². The molecule has 5 heteroatoms. The minimum Gasteiger partial charge on any atom is -0.480 e. The number of carbonyl (C=O) groups is 2. The summed E-state index contributed by atoms with van der Waals surface area (Å²) in [7, 11) is 0. The van der Waals surface area contributed by atoms with Crippen molar-refractivity contribution < 1.29 is 19.4 Å². The summed E-state index contributed by atoms with van der Waals surface area (Å²) in [5.74, 6) is -1.72. The highest BCUT2D eigenvalue weighted by atomic mass is 79.9. The molecular formula is C16H21BrO4. The fourth-order valence-electron chi connectivity index (χ4n) is 2.39. The molecular weight excluding hydrogens is 336 g/mol. The molecule has 0 amide bonds. The second-order valence-corrected chi connectivity index (χ2v) is 6.42. The topological polar surface area (TPSA) is 63.6 Å². The molecule has 0 aromatic heterocycles. The number of ether oxygens (including phenoxy) is 1. The molecule has 1 aromatic rings. The molecule has 1 N–H and O–H groups in total. The molecule has 0 aliphatic heterocycles. The largest absolute Gasteiger partial charge is 0.480 e. The molecule has 0 saturated carbocycles. The summed E-state index contributed by atoms with van der Waals surface area (Å²) < 4.78 is 5.95. The van der Waals surface area contributed by atoms with Gasteiger partial charge in [-0.05, 0) is 43.4 Å². The number of rotatable bonds is 7. The van der Waals surface area contributed by atoms with Gasteiger partial charge in [0.1, 0.15) is 0 Å². The third-order valence-corrected chi connectivity index (χ3v) is 3.78. The smallest absolute Gasteiger partial charge is 0.323 e. The van der Waals surface area contributed by atoms with Crippen molar-refractivity contribution in [3.63, 3.8) is 0 Å². The zero-order valence-corrected chi connectivity index (χ0v) is 14.1. The van der Waals surface area contributed by atoms with Gasteiger partial charge in [-0.3, -0.25) is 9.59 Å². The first kappa shape index (κ1) is 17.7. The van der Waals surface area contributed by atoms with E-state index in [-0.39, 0.29) is 25.4 Å². The molecule has 1 aromatic carbocycles. The van der Waals surface area contributed by atoms with Crippen molar-refractivity contribution in [2.45, 2.75) is 33.6 Å². The van der Waals surface area contributed by atoms with Crippen LogP contribution in [-0.4, -0.2) is 23.7 Å². The van der Waals surface area contributed by atoms with Crippen LogP contribution in [0, 0.1) is 11.3 Å². The number of carbonyl (C=O) groups excluding carboxylic acids is 1. The van der Waals surface area contributed by atoms with E-state index in [9.17, 15) is 14.7 Å². The lowest BCUT2D eigenvalue weighted by Crippen LogP contribution is -2.43. The third-order valence-electron chi connectivity index (χ3n) is 3.25. The third kappa shape index (κ3) is 4.56. The summed E-state index contributed by atoms with van der Waals surface area (Å²) in [6.07, 6.45) is 0.379. The highest BCUT2D eigenvalue weighted by molar-refractivity contribution is 9.10. The first-order valence-corrected chi connectivity index (χ1v) is 7.76. The van der Waals surface area contributed by atoms with Gasteiger partial charge in [-0.15, -0.1) is 0 Å². The summed E-state index contributed by atoms with van der Waals surface area (Å²) in [5, 5.41) is 9.68. The molecule has 0 fully saturated rings. The summed E-state index contributed by atoms with van der Waals surface area (Å²) in [4.78, 5) is 24.1. The van der Waals surface area contributed by atoms with Crippen LogP contribution in [-0.2, 0) is 20.7 Å². The van der Waals surface area contributed by atoms with Crippen LogP contribution in [0.25, 0.3) is 0 Å². The van der Waals surface area contributed by atoms with Crippen LogP contribution in [0.5, 0.6) is 0 Å². The molecule has 0 aliphatic rings. The first-order chi connectivity index (χ1) is 9.81. The van der Waals surface area contributed by atoms with E-state index in [2.05, 4.69) is 15.9 Å². The molecule has 4 nitrogen and oxygen atoms in total. The number of hydrogen-bond donors (Lipinski definition) is 1. The molecule has 0 aliphatic carbocycles. The van der Waals surface area contributed by atoms with Crippen LogP contribution in [0.4, 0.5) is 0 Å². The van der Waals surface area contributed by atoms with E-state index in [1.165, 1.54) is 0 Å². The van der Waals surface area contributed by atoms with Crippen LogP contribution >= 0.6 is 15.9 Å². The normalized spacial score (nSPS) is 13.8. The predicted octanol–water partition coefficient (Wildman–Crippen LogP) is 3.67. The molecule has 116 valence electrons. The van der Waals surface area contributed by atoms with Gasteiger partial charge in [0.2, 0.25) is 0 Å².